The fraction of sp³-hybridized carbons (Fsp3) is 0.158. The van der Waals surface area contributed by atoms with Gasteiger partial charge in [-0.05, 0) is 42.8 Å². The summed E-state index contributed by atoms with van der Waals surface area (Å²) in [5, 5.41) is 3.29. The second-order valence-corrected chi connectivity index (χ2v) is 6.00. The lowest BCUT2D eigenvalue weighted by Crippen LogP contribution is -2.40. The number of hydrazine groups is 1. The van der Waals surface area contributed by atoms with E-state index in [1.165, 1.54) is 0 Å². The molecule has 2 rings (SSSR count). The van der Waals surface area contributed by atoms with E-state index < -0.39 is 0 Å². The van der Waals surface area contributed by atoms with Gasteiger partial charge in [-0.2, -0.15) is 0 Å². The van der Waals surface area contributed by atoms with Crippen LogP contribution >= 0.6 is 11.6 Å². The van der Waals surface area contributed by atoms with Gasteiger partial charge in [0, 0.05) is 16.4 Å². The smallest absolute Gasteiger partial charge is 0.276 e. The normalized spacial score (nSPS) is 9.92. The summed E-state index contributed by atoms with van der Waals surface area (Å²) in [6.45, 7) is 5.45. The molecule has 0 unspecified atom stereocenters. The maximum Gasteiger partial charge on any atom is 0.276 e. The lowest BCUT2D eigenvalue weighted by atomic mass is 10.2. The molecular weight excluding hydrogens is 354 g/mol. The quantitative estimate of drug-likeness (QED) is 0.621. The largest absolute Gasteiger partial charge is 0.483 e. The first kappa shape index (κ1) is 19.3. The van der Waals surface area contributed by atoms with Crippen LogP contribution in [-0.4, -0.2) is 18.4 Å². The van der Waals surface area contributed by atoms with Crippen LogP contribution in [-0.2, 0) is 9.59 Å². The van der Waals surface area contributed by atoms with Gasteiger partial charge in [0.05, 0.1) is 6.42 Å². The zero-order valence-corrected chi connectivity index (χ0v) is 15.1. The molecule has 0 spiro atoms. The number of halogens is 1. The molecule has 0 saturated carbocycles. The van der Waals surface area contributed by atoms with E-state index in [4.69, 9.17) is 16.3 Å². The van der Waals surface area contributed by atoms with Gasteiger partial charge in [-0.1, -0.05) is 36.4 Å². The van der Waals surface area contributed by atoms with Crippen LogP contribution < -0.4 is 20.9 Å². The molecule has 7 heteroatoms. The molecule has 0 fully saturated rings. The number of rotatable bonds is 8. The highest BCUT2D eigenvalue weighted by Gasteiger charge is 2.08. The van der Waals surface area contributed by atoms with Crippen LogP contribution in [0.5, 0.6) is 5.75 Å². The zero-order chi connectivity index (χ0) is 18.9. The molecule has 0 aliphatic carbocycles. The van der Waals surface area contributed by atoms with E-state index in [9.17, 15) is 9.59 Å². The zero-order valence-electron chi connectivity index (χ0n) is 14.3. The summed E-state index contributed by atoms with van der Waals surface area (Å²) in [5.41, 5.74) is 6.96. The van der Waals surface area contributed by atoms with Crippen LogP contribution in [0.4, 0.5) is 5.69 Å². The Kier molecular flexibility index (Phi) is 7.05. The van der Waals surface area contributed by atoms with Gasteiger partial charge in [-0.25, -0.2) is 0 Å². The highest BCUT2D eigenvalue weighted by Crippen LogP contribution is 2.16. The summed E-state index contributed by atoms with van der Waals surface area (Å²) in [6, 6.07) is 14.2. The monoisotopic (exact) mass is 373 g/mol. The molecule has 0 aliphatic heterocycles. The second-order valence-electron chi connectivity index (χ2n) is 5.56. The van der Waals surface area contributed by atoms with E-state index in [1.54, 1.807) is 30.3 Å². The third-order valence-electron chi connectivity index (χ3n) is 3.33. The average molecular weight is 374 g/mol. The first-order valence-corrected chi connectivity index (χ1v) is 8.28. The third kappa shape index (κ3) is 6.49. The van der Waals surface area contributed by atoms with Crippen molar-refractivity contribution in [2.24, 2.45) is 0 Å². The van der Waals surface area contributed by atoms with Crippen molar-refractivity contribution < 1.29 is 14.3 Å². The molecule has 6 nitrogen and oxygen atoms in total. The Bertz CT molecular complexity index is 791. The predicted octanol–water partition coefficient (Wildman–Crippen LogP) is 3.19. The maximum atomic E-state index is 11.9. The third-order valence-corrected chi connectivity index (χ3v) is 3.58. The van der Waals surface area contributed by atoms with Crippen LogP contribution in [0.2, 0.25) is 5.02 Å². The van der Waals surface area contributed by atoms with Gasteiger partial charge in [-0.15, -0.1) is 0 Å². The van der Waals surface area contributed by atoms with Crippen molar-refractivity contribution >= 4 is 29.1 Å². The Morgan fingerprint density at radius 1 is 1.04 bits per heavy atom. The minimum atomic E-state index is -0.382. The van der Waals surface area contributed by atoms with Gasteiger partial charge < -0.3 is 15.5 Å². The van der Waals surface area contributed by atoms with Crippen molar-refractivity contribution in [3.8, 4) is 5.75 Å². The predicted molar refractivity (Wildman–Crippen MR) is 102 cm³/mol. The molecule has 0 saturated heterocycles. The van der Waals surface area contributed by atoms with Gasteiger partial charge in [0.2, 0.25) is 5.91 Å². The van der Waals surface area contributed by atoms with Gasteiger partial charge >= 0.3 is 0 Å². The van der Waals surface area contributed by atoms with Gasteiger partial charge in [-0.3, -0.25) is 15.0 Å². The molecule has 0 aromatic heterocycles. The molecule has 26 heavy (non-hydrogen) atoms. The van der Waals surface area contributed by atoms with E-state index in [2.05, 4.69) is 22.7 Å². The fourth-order valence-corrected chi connectivity index (χ4v) is 2.16. The standard InChI is InChI=1S/C19H20ClN3O3/c1-13-5-3-4-6-17(13)26-12-19(25)23-22-14(2)11-18(24)21-16-9-7-15(20)8-10-16/h3-10,22H,2,11-12H2,1H3,(H,21,24)(H,23,25). The number of para-hydroxylation sites is 1. The number of carbonyl (C=O) groups is 2. The Balaban J connectivity index is 1.69. The number of aryl methyl sites for hydroxylation is 1. The number of amides is 2. The summed E-state index contributed by atoms with van der Waals surface area (Å²) < 4.78 is 5.43. The highest BCUT2D eigenvalue weighted by atomic mass is 35.5. The summed E-state index contributed by atoms with van der Waals surface area (Å²) in [4.78, 5) is 23.7. The molecule has 2 aromatic rings. The van der Waals surface area contributed by atoms with Crippen molar-refractivity contribution in [2.45, 2.75) is 13.3 Å². The Morgan fingerprint density at radius 2 is 1.73 bits per heavy atom. The average Bonchev–Trinajstić information content (AvgIpc) is 2.61. The van der Waals surface area contributed by atoms with Crippen LogP contribution in [0, 0.1) is 6.92 Å². The van der Waals surface area contributed by atoms with Crippen molar-refractivity contribution in [1.82, 2.24) is 10.9 Å². The fourth-order valence-electron chi connectivity index (χ4n) is 2.03. The molecule has 136 valence electrons. The van der Waals surface area contributed by atoms with E-state index in [0.717, 1.165) is 5.56 Å². The van der Waals surface area contributed by atoms with Gasteiger partial charge in [0.25, 0.3) is 5.91 Å². The first-order valence-electron chi connectivity index (χ1n) is 7.90. The van der Waals surface area contributed by atoms with Crippen molar-refractivity contribution in [3.05, 3.63) is 71.4 Å². The SMILES string of the molecule is C=C(CC(=O)Nc1ccc(Cl)cc1)NNC(=O)COc1ccccc1C. The molecule has 0 heterocycles. The number of carbonyl (C=O) groups excluding carboxylic acids is 2. The summed E-state index contributed by atoms with van der Waals surface area (Å²) >= 11 is 5.79. The topological polar surface area (TPSA) is 79.5 Å². The lowest BCUT2D eigenvalue weighted by molar-refractivity contribution is -0.124. The number of anilines is 1. The van der Waals surface area contributed by atoms with E-state index in [0.29, 0.717) is 22.2 Å². The van der Waals surface area contributed by atoms with Crippen LogP contribution in [0.15, 0.2) is 60.8 Å². The van der Waals surface area contributed by atoms with E-state index >= 15 is 0 Å². The minimum Gasteiger partial charge on any atom is -0.483 e. The molecular formula is C19H20ClN3O3. The minimum absolute atomic E-state index is 0.00154. The molecule has 3 N–H and O–H groups in total. The van der Waals surface area contributed by atoms with E-state index in [-0.39, 0.29) is 24.8 Å². The summed E-state index contributed by atoms with van der Waals surface area (Å²) in [7, 11) is 0. The summed E-state index contributed by atoms with van der Waals surface area (Å²) in [5.74, 6) is -0.00781. The lowest BCUT2D eigenvalue weighted by Gasteiger charge is -2.12. The number of nitrogens with one attached hydrogen (secondary N) is 3. The molecule has 2 aromatic carbocycles. The number of ether oxygens (including phenoxy) is 1. The Labute approximate surface area is 157 Å². The molecule has 0 radical (unpaired) electrons. The van der Waals surface area contributed by atoms with Crippen LogP contribution in [0.1, 0.15) is 12.0 Å². The van der Waals surface area contributed by atoms with Crippen molar-refractivity contribution in [1.29, 1.82) is 0 Å². The molecule has 0 bridgehead atoms. The van der Waals surface area contributed by atoms with Gasteiger partial charge in [0.15, 0.2) is 6.61 Å². The first-order chi connectivity index (χ1) is 12.4. The van der Waals surface area contributed by atoms with Crippen LogP contribution in [0.25, 0.3) is 0 Å². The summed E-state index contributed by atoms with van der Waals surface area (Å²) in [6.07, 6.45) is 0.00154. The maximum absolute atomic E-state index is 11.9. The number of hydrogen-bond acceptors (Lipinski definition) is 4. The molecule has 2 amide bonds. The van der Waals surface area contributed by atoms with Crippen LogP contribution in [0.3, 0.4) is 0 Å². The van der Waals surface area contributed by atoms with Crippen molar-refractivity contribution in [2.75, 3.05) is 11.9 Å². The molecule has 0 atom stereocenters. The number of benzene rings is 2. The Morgan fingerprint density at radius 3 is 2.42 bits per heavy atom. The highest BCUT2D eigenvalue weighted by molar-refractivity contribution is 6.30. The van der Waals surface area contributed by atoms with Gasteiger partial charge in [0.1, 0.15) is 5.75 Å². The Hall–Kier alpha value is -2.99. The van der Waals surface area contributed by atoms with E-state index in [1.807, 2.05) is 25.1 Å². The number of hydrogen-bond donors (Lipinski definition) is 3. The molecule has 0 aliphatic rings. The second kappa shape index (κ2) is 9.48. The van der Waals surface area contributed by atoms with Crippen molar-refractivity contribution in [3.63, 3.8) is 0 Å².